The van der Waals surface area contributed by atoms with Gasteiger partial charge < -0.3 is 31.5 Å². The third-order valence-corrected chi connectivity index (χ3v) is 5.19. The van der Waals surface area contributed by atoms with E-state index in [4.69, 9.17) is 16.2 Å². The standard InChI is InChI=1S/C23H28N8O3/c1-23(2,3)34-20(33)17-12-26-8-9-31(17)19-11-16(29-22(25)30-19)14-10-13(4-5-18(14)32)15-6-7-27-21(24)28-15/h4-7,10-11,17,26,32H,8-9,12H2,1-3H3,(H2,24,27,28)(H2,25,29,30). The fraction of sp³-hybridized carbons (Fsp3) is 0.348. The Morgan fingerprint density at radius 2 is 1.88 bits per heavy atom. The highest BCUT2D eigenvalue weighted by molar-refractivity contribution is 5.82. The van der Waals surface area contributed by atoms with Crippen molar-refractivity contribution in [3.63, 3.8) is 0 Å². The van der Waals surface area contributed by atoms with Crippen LogP contribution in [0.1, 0.15) is 20.8 Å². The van der Waals surface area contributed by atoms with E-state index >= 15 is 0 Å². The third-order valence-electron chi connectivity index (χ3n) is 5.19. The maximum atomic E-state index is 12.9. The lowest BCUT2D eigenvalue weighted by Gasteiger charge is -2.37. The molecule has 11 heteroatoms. The second kappa shape index (κ2) is 9.10. The first-order valence-electron chi connectivity index (χ1n) is 10.9. The summed E-state index contributed by atoms with van der Waals surface area (Å²) in [6.07, 6.45) is 1.56. The summed E-state index contributed by atoms with van der Waals surface area (Å²) in [5.74, 6) is 0.289. The van der Waals surface area contributed by atoms with Crippen molar-refractivity contribution >= 4 is 23.7 Å². The molecule has 4 rings (SSSR count). The minimum Gasteiger partial charge on any atom is -0.507 e. The lowest BCUT2D eigenvalue weighted by atomic mass is 10.0. The number of ether oxygens (including phenoxy) is 1. The number of carbonyl (C=O) groups is 1. The topological polar surface area (TPSA) is 165 Å². The molecule has 1 atom stereocenters. The van der Waals surface area contributed by atoms with Gasteiger partial charge in [0.1, 0.15) is 23.2 Å². The van der Waals surface area contributed by atoms with Crippen molar-refractivity contribution in [3.05, 3.63) is 36.5 Å². The molecule has 0 radical (unpaired) electrons. The Balaban J connectivity index is 1.72. The third kappa shape index (κ3) is 5.15. The summed E-state index contributed by atoms with van der Waals surface area (Å²) in [5.41, 5.74) is 13.3. The zero-order chi connectivity index (χ0) is 24.5. The molecule has 1 saturated heterocycles. The smallest absolute Gasteiger partial charge is 0.330 e. The van der Waals surface area contributed by atoms with Gasteiger partial charge in [0.15, 0.2) is 0 Å². The molecule has 0 saturated carbocycles. The molecule has 1 fully saturated rings. The average Bonchev–Trinajstić information content (AvgIpc) is 2.78. The number of nitrogen functional groups attached to an aromatic ring is 2. The van der Waals surface area contributed by atoms with Gasteiger partial charge >= 0.3 is 5.97 Å². The van der Waals surface area contributed by atoms with Gasteiger partial charge in [0, 0.05) is 43.0 Å². The van der Waals surface area contributed by atoms with E-state index in [0.29, 0.717) is 42.4 Å². The van der Waals surface area contributed by atoms with Gasteiger partial charge in [-0.15, -0.1) is 0 Å². The number of phenolic OH excluding ortho intramolecular Hbond substituents is 1. The van der Waals surface area contributed by atoms with E-state index in [1.54, 1.807) is 36.5 Å². The van der Waals surface area contributed by atoms with Gasteiger partial charge in [0.05, 0.1) is 11.4 Å². The molecule has 11 nitrogen and oxygen atoms in total. The number of rotatable bonds is 4. The van der Waals surface area contributed by atoms with Gasteiger partial charge in [0.2, 0.25) is 11.9 Å². The summed E-state index contributed by atoms with van der Waals surface area (Å²) in [6.45, 7) is 7.07. The van der Waals surface area contributed by atoms with Crippen molar-refractivity contribution in [1.82, 2.24) is 25.3 Å². The van der Waals surface area contributed by atoms with Crippen molar-refractivity contribution in [1.29, 1.82) is 0 Å². The fourth-order valence-corrected chi connectivity index (χ4v) is 3.73. The normalized spacial score (nSPS) is 16.3. The van der Waals surface area contributed by atoms with E-state index in [0.717, 1.165) is 5.56 Å². The Bertz CT molecular complexity index is 1210. The van der Waals surface area contributed by atoms with Crippen molar-refractivity contribution in [2.45, 2.75) is 32.4 Å². The molecule has 2 aromatic heterocycles. The molecule has 1 aliphatic rings. The van der Waals surface area contributed by atoms with Gasteiger partial charge in [-0.05, 0) is 45.0 Å². The number of aromatic hydroxyl groups is 1. The van der Waals surface area contributed by atoms with Crippen LogP contribution in [-0.4, -0.2) is 62.3 Å². The van der Waals surface area contributed by atoms with Crippen LogP contribution in [0.4, 0.5) is 17.7 Å². The molecule has 178 valence electrons. The SMILES string of the molecule is CC(C)(C)OC(=O)C1CNCCN1c1cc(-c2cc(-c3ccnc(N)n3)ccc2O)nc(N)n1. The maximum absolute atomic E-state index is 12.9. The van der Waals surface area contributed by atoms with Crippen LogP contribution in [0.25, 0.3) is 22.5 Å². The molecule has 1 aliphatic heterocycles. The first kappa shape index (κ1) is 23.2. The van der Waals surface area contributed by atoms with E-state index in [2.05, 4.69) is 25.3 Å². The molecule has 0 amide bonds. The number of carbonyl (C=O) groups excluding carboxylic acids is 1. The molecule has 3 aromatic rings. The van der Waals surface area contributed by atoms with Gasteiger partial charge in [-0.2, -0.15) is 4.98 Å². The van der Waals surface area contributed by atoms with Crippen LogP contribution >= 0.6 is 0 Å². The molecule has 0 aliphatic carbocycles. The summed E-state index contributed by atoms with van der Waals surface area (Å²) in [7, 11) is 0. The lowest BCUT2D eigenvalue weighted by Crippen LogP contribution is -2.56. The largest absolute Gasteiger partial charge is 0.507 e. The highest BCUT2D eigenvalue weighted by Gasteiger charge is 2.33. The molecular weight excluding hydrogens is 436 g/mol. The number of nitrogens with zero attached hydrogens (tertiary/aromatic N) is 5. The van der Waals surface area contributed by atoms with Crippen LogP contribution < -0.4 is 21.7 Å². The van der Waals surface area contributed by atoms with E-state index in [9.17, 15) is 9.90 Å². The number of phenols is 1. The number of aromatic nitrogens is 4. The molecule has 1 aromatic carbocycles. The van der Waals surface area contributed by atoms with Crippen LogP contribution in [0.3, 0.4) is 0 Å². The molecule has 0 spiro atoms. The molecule has 1 unspecified atom stereocenters. The maximum Gasteiger partial charge on any atom is 0.330 e. The lowest BCUT2D eigenvalue weighted by molar-refractivity contribution is -0.156. The molecule has 0 bridgehead atoms. The number of piperazine rings is 1. The number of nitrogens with two attached hydrogens (primary N) is 2. The van der Waals surface area contributed by atoms with Crippen LogP contribution in [0.15, 0.2) is 36.5 Å². The van der Waals surface area contributed by atoms with Crippen molar-refractivity contribution in [2.75, 3.05) is 36.0 Å². The zero-order valence-corrected chi connectivity index (χ0v) is 19.3. The predicted molar refractivity (Wildman–Crippen MR) is 129 cm³/mol. The van der Waals surface area contributed by atoms with Crippen LogP contribution in [0, 0.1) is 0 Å². The van der Waals surface area contributed by atoms with E-state index in [-0.39, 0.29) is 23.6 Å². The number of hydrogen-bond donors (Lipinski definition) is 4. The molecule has 6 N–H and O–H groups in total. The highest BCUT2D eigenvalue weighted by atomic mass is 16.6. The molecule has 34 heavy (non-hydrogen) atoms. The zero-order valence-electron chi connectivity index (χ0n) is 19.3. The van der Waals surface area contributed by atoms with Crippen molar-refractivity contribution in [3.8, 4) is 28.3 Å². The number of esters is 1. The van der Waals surface area contributed by atoms with Gasteiger partial charge in [-0.3, -0.25) is 0 Å². The Morgan fingerprint density at radius 3 is 2.62 bits per heavy atom. The summed E-state index contributed by atoms with van der Waals surface area (Å²) < 4.78 is 5.61. The summed E-state index contributed by atoms with van der Waals surface area (Å²) in [6, 6.07) is 7.85. The second-order valence-corrected chi connectivity index (χ2v) is 8.95. The van der Waals surface area contributed by atoms with Crippen LogP contribution in [0.5, 0.6) is 5.75 Å². The Labute approximate surface area is 197 Å². The highest BCUT2D eigenvalue weighted by Crippen LogP contribution is 2.34. The molecular formula is C23H28N8O3. The second-order valence-electron chi connectivity index (χ2n) is 8.95. The van der Waals surface area contributed by atoms with Crippen LogP contribution in [0.2, 0.25) is 0 Å². The van der Waals surface area contributed by atoms with E-state index < -0.39 is 11.6 Å². The quantitative estimate of drug-likeness (QED) is 0.414. The minimum atomic E-state index is -0.618. The monoisotopic (exact) mass is 464 g/mol. The fourth-order valence-electron chi connectivity index (χ4n) is 3.73. The van der Waals surface area contributed by atoms with E-state index in [1.807, 2.05) is 25.7 Å². The van der Waals surface area contributed by atoms with Crippen molar-refractivity contribution < 1.29 is 14.6 Å². The van der Waals surface area contributed by atoms with E-state index in [1.165, 1.54) is 0 Å². The average molecular weight is 465 g/mol. The van der Waals surface area contributed by atoms with Gasteiger partial charge in [0.25, 0.3) is 0 Å². The Hall–Kier alpha value is -3.99. The summed E-state index contributed by atoms with van der Waals surface area (Å²) in [4.78, 5) is 31.6. The first-order valence-corrected chi connectivity index (χ1v) is 10.9. The summed E-state index contributed by atoms with van der Waals surface area (Å²) in [5, 5.41) is 13.8. The number of anilines is 3. The Kier molecular flexibility index (Phi) is 6.20. The van der Waals surface area contributed by atoms with Gasteiger partial charge in [-0.1, -0.05) is 0 Å². The summed E-state index contributed by atoms with van der Waals surface area (Å²) >= 11 is 0. The predicted octanol–water partition coefficient (Wildman–Crippen LogP) is 1.59. The van der Waals surface area contributed by atoms with Crippen molar-refractivity contribution in [2.24, 2.45) is 0 Å². The first-order chi connectivity index (χ1) is 16.1. The Morgan fingerprint density at radius 1 is 1.12 bits per heavy atom. The van der Waals surface area contributed by atoms with Gasteiger partial charge in [-0.25, -0.2) is 19.7 Å². The van der Waals surface area contributed by atoms with Crippen LogP contribution in [-0.2, 0) is 9.53 Å². The molecule has 3 heterocycles. The minimum absolute atomic E-state index is 0.0128. The number of nitrogens with one attached hydrogen (secondary N) is 1. The number of benzene rings is 1. The number of hydrogen-bond acceptors (Lipinski definition) is 11.